The second-order valence-electron chi connectivity index (χ2n) is 7.71. The Morgan fingerprint density at radius 3 is 1.67 bits per heavy atom. The third-order valence-corrected chi connectivity index (χ3v) is 5.40. The van der Waals surface area contributed by atoms with Crippen LogP contribution in [0.5, 0.6) is 11.5 Å². The Bertz CT molecular complexity index is 616. The molecule has 3 atom stereocenters. The molecule has 0 aliphatic carbocycles. The molecule has 0 saturated carbocycles. The number of rotatable bonds is 1. The lowest BCUT2D eigenvalue weighted by Crippen LogP contribution is -2.36. The summed E-state index contributed by atoms with van der Waals surface area (Å²) < 4.78 is 29.6. The highest BCUT2D eigenvalue weighted by molar-refractivity contribution is 5.43. The van der Waals surface area contributed by atoms with Gasteiger partial charge in [-0.3, -0.25) is 9.80 Å². The minimum Gasteiger partial charge on any atom is -0.488 e. The Balaban J connectivity index is 1.75. The Labute approximate surface area is 180 Å². The van der Waals surface area contributed by atoms with Gasteiger partial charge < -0.3 is 29.4 Å². The van der Waals surface area contributed by atoms with Gasteiger partial charge in [0.1, 0.15) is 13.2 Å². The van der Waals surface area contributed by atoms with Gasteiger partial charge in [0.2, 0.25) is 0 Å². The van der Waals surface area contributed by atoms with Crippen LogP contribution >= 0.6 is 0 Å². The first kappa shape index (κ1) is 23.2. The van der Waals surface area contributed by atoms with Gasteiger partial charge in [0.15, 0.2) is 11.5 Å². The van der Waals surface area contributed by atoms with E-state index in [2.05, 4.69) is 9.80 Å². The van der Waals surface area contributed by atoms with Crippen LogP contribution in [-0.4, -0.2) is 102 Å². The van der Waals surface area contributed by atoms with Crippen LogP contribution in [0.3, 0.4) is 0 Å². The minimum atomic E-state index is -0.0534. The van der Waals surface area contributed by atoms with E-state index in [0.29, 0.717) is 52.9 Å². The maximum Gasteiger partial charge on any atom is 0.161 e. The van der Waals surface area contributed by atoms with Gasteiger partial charge >= 0.3 is 0 Å². The zero-order valence-electron chi connectivity index (χ0n) is 18.2. The molecule has 1 fully saturated rings. The molecule has 0 radical (unpaired) electrons. The fourth-order valence-electron chi connectivity index (χ4n) is 3.48. The van der Waals surface area contributed by atoms with Crippen molar-refractivity contribution in [3.8, 4) is 11.5 Å². The first-order chi connectivity index (χ1) is 14.7. The Morgan fingerprint density at radius 1 is 0.667 bits per heavy atom. The van der Waals surface area contributed by atoms with E-state index in [9.17, 15) is 0 Å². The molecule has 2 bridgehead atoms. The molecule has 3 rings (SSSR count). The van der Waals surface area contributed by atoms with Crippen molar-refractivity contribution in [2.75, 3.05) is 92.1 Å². The summed E-state index contributed by atoms with van der Waals surface area (Å²) in [6.07, 6.45) is 0. The summed E-state index contributed by atoms with van der Waals surface area (Å²) in [5.74, 6) is 1.51. The quantitative estimate of drug-likeness (QED) is 0.674. The summed E-state index contributed by atoms with van der Waals surface area (Å²) in [5.41, 5.74) is 7.11. The van der Waals surface area contributed by atoms with E-state index in [1.165, 1.54) is 0 Å². The number of nitrogens with two attached hydrogens (primary N) is 1. The molecule has 2 aliphatic rings. The third kappa shape index (κ3) is 8.02. The molecule has 8 nitrogen and oxygen atoms in total. The predicted octanol–water partition coefficient (Wildman–Crippen LogP) is 1.14. The largest absolute Gasteiger partial charge is 0.488 e. The summed E-state index contributed by atoms with van der Waals surface area (Å²) in [6, 6.07) is 5.92. The summed E-state index contributed by atoms with van der Waals surface area (Å²) in [5, 5.41) is 0. The fourth-order valence-corrected chi connectivity index (χ4v) is 3.48. The molecule has 2 N–H and O–H groups in total. The lowest BCUT2D eigenvalue weighted by molar-refractivity contribution is 0.0299. The van der Waals surface area contributed by atoms with Gasteiger partial charge in [0.05, 0.1) is 39.6 Å². The molecule has 30 heavy (non-hydrogen) atoms. The summed E-state index contributed by atoms with van der Waals surface area (Å²) in [6.45, 7) is 12.1. The number of hydrogen-bond donors (Lipinski definition) is 1. The van der Waals surface area contributed by atoms with Crippen LogP contribution in [0.15, 0.2) is 18.2 Å². The van der Waals surface area contributed by atoms with Crippen LogP contribution in [0.25, 0.3) is 0 Å². The number of benzene rings is 1. The van der Waals surface area contributed by atoms with Crippen molar-refractivity contribution in [3.63, 3.8) is 0 Å². The third-order valence-electron chi connectivity index (χ3n) is 5.40. The second-order valence-corrected chi connectivity index (χ2v) is 7.71. The lowest BCUT2D eigenvalue weighted by Gasteiger charge is -2.23. The van der Waals surface area contributed by atoms with Gasteiger partial charge in [0, 0.05) is 45.3 Å². The van der Waals surface area contributed by atoms with E-state index < -0.39 is 0 Å². The molecule has 3 unspecified atom stereocenters. The van der Waals surface area contributed by atoms with E-state index in [4.69, 9.17) is 29.4 Å². The van der Waals surface area contributed by atoms with E-state index in [1.807, 2.05) is 25.1 Å². The first-order valence-electron chi connectivity index (χ1n) is 11.1. The van der Waals surface area contributed by atoms with Crippen molar-refractivity contribution >= 4 is 0 Å². The Hall–Kier alpha value is -1.42. The SMILES string of the molecule is CC(N)c1ccc2c(c1)OCCN1CCOCCOCCN(CCOCC1)CCO2. The van der Waals surface area contributed by atoms with Crippen molar-refractivity contribution < 1.29 is 23.7 Å². The van der Waals surface area contributed by atoms with Crippen LogP contribution in [0.4, 0.5) is 0 Å². The molecule has 2 heterocycles. The van der Waals surface area contributed by atoms with Gasteiger partial charge in [-0.2, -0.15) is 0 Å². The van der Waals surface area contributed by atoms with Gasteiger partial charge in [-0.25, -0.2) is 0 Å². The average Bonchev–Trinajstić information content (AvgIpc) is 2.75. The highest BCUT2D eigenvalue weighted by Gasteiger charge is 2.13. The zero-order chi connectivity index (χ0) is 21.0. The van der Waals surface area contributed by atoms with E-state index in [0.717, 1.165) is 56.3 Å². The zero-order valence-corrected chi connectivity index (χ0v) is 18.2. The highest BCUT2D eigenvalue weighted by atomic mass is 16.5. The molecular weight excluding hydrogens is 386 g/mol. The lowest BCUT2D eigenvalue weighted by atomic mass is 10.1. The van der Waals surface area contributed by atoms with Crippen LogP contribution in [0, 0.1) is 0 Å². The van der Waals surface area contributed by atoms with Gasteiger partial charge in [-0.1, -0.05) is 6.07 Å². The second kappa shape index (κ2) is 13.1. The molecule has 170 valence electrons. The van der Waals surface area contributed by atoms with Crippen molar-refractivity contribution in [1.29, 1.82) is 0 Å². The number of hydrogen-bond acceptors (Lipinski definition) is 8. The average molecular weight is 424 g/mol. The number of ether oxygens (including phenoxy) is 5. The molecule has 2 aliphatic heterocycles. The van der Waals surface area contributed by atoms with Crippen LogP contribution in [-0.2, 0) is 14.2 Å². The molecule has 0 spiro atoms. The van der Waals surface area contributed by atoms with Crippen molar-refractivity contribution in [2.24, 2.45) is 5.73 Å². The predicted molar refractivity (Wildman–Crippen MR) is 115 cm³/mol. The monoisotopic (exact) mass is 423 g/mol. The standard InChI is InChI=1S/C22H37N3O5/c1-19(23)20-2-3-21-22(18-20)30-15-9-25-5-11-26-10-4-24(8-14-29-21)6-12-27-16-17-28-13-7-25/h2-3,18-19H,4-17,23H2,1H3. The topological polar surface area (TPSA) is 78.7 Å². The summed E-state index contributed by atoms with van der Waals surface area (Å²) in [7, 11) is 0. The summed E-state index contributed by atoms with van der Waals surface area (Å²) >= 11 is 0. The first-order valence-corrected chi connectivity index (χ1v) is 11.1. The molecule has 1 aromatic carbocycles. The smallest absolute Gasteiger partial charge is 0.161 e. The van der Waals surface area contributed by atoms with Crippen molar-refractivity contribution in [2.45, 2.75) is 13.0 Å². The number of nitrogens with zero attached hydrogens (tertiary/aromatic N) is 2. The van der Waals surface area contributed by atoms with Crippen molar-refractivity contribution in [3.05, 3.63) is 23.8 Å². The van der Waals surface area contributed by atoms with Crippen LogP contribution < -0.4 is 15.2 Å². The van der Waals surface area contributed by atoms with E-state index in [-0.39, 0.29) is 6.04 Å². The number of fused-ring (bicyclic) bond motifs is 7. The molecule has 1 aromatic rings. The van der Waals surface area contributed by atoms with E-state index in [1.54, 1.807) is 0 Å². The normalized spacial score (nSPS) is 26.5. The van der Waals surface area contributed by atoms with Crippen molar-refractivity contribution in [1.82, 2.24) is 9.80 Å². The maximum absolute atomic E-state index is 6.14. The Morgan fingerprint density at radius 2 is 1.13 bits per heavy atom. The molecule has 0 aromatic heterocycles. The minimum absolute atomic E-state index is 0.0534. The fraction of sp³-hybridized carbons (Fsp3) is 0.727. The van der Waals surface area contributed by atoms with Crippen LogP contribution in [0.2, 0.25) is 0 Å². The molecular formula is C22H37N3O5. The Kier molecular flexibility index (Phi) is 10.1. The maximum atomic E-state index is 6.14. The summed E-state index contributed by atoms with van der Waals surface area (Å²) in [4.78, 5) is 4.63. The molecule has 8 heteroatoms. The molecule has 1 saturated heterocycles. The van der Waals surface area contributed by atoms with Crippen LogP contribution in [0.1, 0.15) is 18.5 Å². The highest BCUT2D eigenvalue weighted by Crippen LogP contribution is 2.30. The van der Waals surface area contributed by atoms with Gasteiger partial charge in [-0.15, -0.1) is 0 Å². The van der Waals surface area contributed by atoms with E-state index >= 15 is 0 Å². The molecule has 0 amide bonds. The van der Waals surface area contributed by atoms with Gasteiger partial charge in [-0.05, 0) is 24.6 Å². The van der Waals surface area contributed by atoms with Gasteiger partial charge in [0.25, 0.3) is 0 Å².